The van der Waals surface area contributed by atoms with Crippen molar-refractivity contribution in [3.63, 3.8) is 0 Å². The molecule has 0 amide bonds. The number of hydrogen-bond donors (Lipinski definition) is 1. The molecule has 0 aliphatic rings. The van der Waals surface area contributed by atoms with Crippen molar-refractivity contribution < 1.29 is 0 Å². The van der Waals surface area contributed by atoms with Crippen LogP contribution in [0.3, 0.4) is 0 Å². The Morgan fingerprint density at radius 2 is 2.13 bits per heavy atom. The van der Waals surface area contributed by atoms with Gasteiger partial charge in [0.1, 0.15) is 0 Å². The fourth-order valence-electron chi connectivity index (χ4n) is 1.51. The molecule has 0 radical (unpaired) electrons. The molecule has 3 aromatic heterocycles. The van der Waals surface area contributed by atoms with Crippen LogP contribution in [0.2, 0.25) is 0 Å². The molecule has 0 unspecified atom stereocenters. The van der Waals surface area contributed by atoms with Crippen LogP contribution in [0.4, 0.5) is 5.69 Å². The largest absolute Gasteiger partial charge is 0.396 e. The Hall–Kier alpha value is -1.88. The Morgan fingerprint density at radius 1 is 1.20 bits per heavy atom. The number of nitrogen functional groups attached to an aromatic ring is 1. The number of thiophene rings is 1. The summed E-state index contributed by atoms with van der Waals surface area (Å²) in [4.78, 5) is 1.09. The molecule has 0 fully saturated rings. The van der Waals surface area contributed by atoms with Gasteiger partial charge in [-0.1, -0.05) is 6.07 Å². The molecule has 3 aromatic rings. The van der Waals surface area contributed by atoms with Gasteiger partial charge in [-0.2, -0.15) is 0 Å². The summed E-state index contributed by atoms with van der Waals surface area (Å²) < 4.78 is 1.90. The summed E-state index contributed by atoms with van der Waals surface area (Å²) >= 11 is 1.64. The molecule has 15 heavy (non-hydrogen) atoms. The van der Waals surface area contributed by atoms with Crippen molar-refractivity contribution in [3.05, 3.63) is 35.8 Å². The molecule has 5 heteroatoms. The summed E-state index contributed by atoms with van der Waals surface area (Å²) in [5, 5.41) is 10.2. The minimum atomic E-state index is 0.646. The Kier molecular flexibility index (Phi) is 1.72. The minimum absolute atomic E-state index is 0.646. The molecule has 0 bridgehead atoms. The molecular formula is C10H8N4S. The van der Waals surface area contributed by atoms with Gasteiger partial charge in [0.2, 0.25) is 0 Å². The third-order valence-corrected chi connectivity index (χ3v) is 3.07. The fraction of sp³-hybridized carbons (Fsp3) is 0. The van der Waals surface area contributed by atoms with Crippen LogP contribution in [-0.4, -0.2) is 14.6 Å². The highest BCUT2D eigenvalue weighted by Gasteiger charge is 2.09. The van der Waals surface area contributed by atoms with Gasteiger partial charge in [0, 0.05) is 6.20 Å². The molecule has 0 aliphatic heterocycles. The van der Waals surface area contributed by atoms with E-state index in [1.165, 1.54) is 0 Å². The molecular weight excluding hydrogens is 208 g/mol. The third kappa shape index (κ3) is 1.20. The minimum Gasteiger partial charge on any atom is -0.396 e. The van der Waals surface area contributed by atoms with E-state index in [0.717, 1.165) is 10.7 Å². The van der Waals surface area contributed by atoms with E-state index in [0.29, 0.717) is 11.3 Å². The monoisotopic (exact) mass is 216 g/mol. The summed E-state index contributed by atoms with van der Waals surface area (Å²) in [5.74, 6) is 0.840. The molecule has 0 saturated carbocycles. The maximum absolute atomic E-state index is 5.80. The van der Waals surface area contributed by atoms with Gasteiger partial charge in [0.15, 0.2) is 11.5 Å². The van der Waals surface area contributed by atoms with E-state index in [1.807, 2.05) is 40.2 Å². The second kappa shape index (κ2) is 3.06. The van der Waals surface area contributed by atoms with Crippen molar-refractivity contribution in [1.29, 1.82) is 0 Å². The molecule has 0 aliphatic carbocycles. The van der Waals surface area contributed by atoms with Gasteiger partial charge in [0.25, 0.3) is 0 Å². The number of nitrogens with two attached hydrogens (primary N) is 1. The molecule has 4 nitrogen and oxygen atoms in total. The smallest absolute Gasteiger partial charge is 0.184 e. The first-order chi connectivity index (χ1) is 7.36. The highest BCUT2D eigenvalue weighted by Crippen LogP contribution is 2.24. The van der Waals surface area contributed by atoms with Crippen molar-refractivity contribution >= 4 is 22.7 Å². The zero-order chi connectivity index (χ0) is 10.3. The van der Waals surface area contributed by atoms with Crippen molar-refractivity contribution in [2.75, 3.05) is 5.73 Å². The molecule has 0 atom stereocenters. The fourth-order valence-corrected chi connectivity index (χ4v) is 2.22. The summed E-state index contributed by atoms with van der Waals surface area (Å²) in [6.45, 7) is 0. The molecule has 74 valence electrons. The second-order valence-electron chi connectivity index (χ2n) is 3.16. The van der Waals surface area contributed by atoms with Crippen LogP contribution >= 0.6 is 11.3 Å². The number of pyridine rings is 1. The van der Waals surface area contributed by atoms with Gasteiger partial charge in [-0.25, -0.2) is 0 Å². The van der Waals surface area contributed by atoms with E-state index in [-0.39, 0.29) is 0 Å². The lowest BCUT2D eigenvalue weighted by Crippen LogP contribution is -1.92. The molecule has 3 heterocycles. The van der Waals surface area contributed by atoms with Crippen LogP contribution in [-0.2, 0) is 0 Å². The van der Waals surface area contributed by atoms with E-state index in [9.17, 15) is 0 Å². The maximum Gasteiger partial charge on any atom is 0.184 e. The predicted octanol–water partition coefficient (Wildman–Crippen LogP) is 2.04. The van der Waals surface area contributed by atoms with Gasteiger partial charge < -0.3 is 5.73 Å². The van der Waals surface area contributed by atoms with E-state index in [4.69, 9.17) is 5.73 Å². The average Bonchev–Trinajstić information content (AvgIpc) is 2.85. The summed E-state index contributed by atoms with van der Waals surface area (Å²) in [6, 6.07) is 7.72. The zero-order valence-corrected chi connectivity index (χ0v) is 8.61. The van der Waals surface area contributed by atoms with E-state index >= 15 is 0 Å². The number of hydrogen-bond acceptors (Lipinski definition) is 4. The van der Waals surface area contributed by atoms with E-state index in [1.54, 1.807) is 11.3 Å². The van der Waals surface area contributed by atoms with Gasteiger partial charge in [-0.05, 0) is 23.6 Å². The SMILES string of the molecule is Nc1cccn2c(-c3cccs3)nnc12. The molecule has 0 spiro atoms. The Labute approximate surface area is 90.0 Å². The van der Waals surface area contributed by atoms with E-state index in [2.05, 4.69) is 10.2 Å². The van der Waals surface area contributed by atoms with E-state index < -0.39 is 0 Å². The highest BCUT2D eigenvalue weighted by atomic mass is 32.1. The van der Waals surface area contributed by atoms with Crippen LogP contribution in [0.15, 0.2) is 35.8 Å². The quantitative estimate of drug-likeness (QED) is 0.677. The van der Waals surface area contributed by atoms with Crippen molar-refractivity contribution in [3.8, 4) is 10.7 Å². The zero-order valence-electron chi connectivity index (χ0n) is 7.79. The standard InChI is InChI=1S/C10H8N4S/c11-7-3-1-5-14-9(7)12-13-10(14)8-4-2-6-15-8/h1-6H,11H2. The second-order valence-corrected chi connectivity index (χ2v) is 4.11. The lowest BCUT2D eigenvalue weighted by atomic mass is 10.4. The first-order valence-electron chi connectivity index (χ1n) is 4.49. The topological polar surface area (TPSA) is 56.2 Å². The number of anilines is 1. The first-order valence-corrected chi connectivity index (χ1v) is 5.37. The van der Waals surface area contributed by atoms with Crippen molar-refractivity contribution in [2.24, 2.45) is 0 Å². The van der Waals surface area contributed by atoms with Gasteiger partial charge in [0.05, 0.1) is 10.6 Å². The summed E-state index contributed by atoms with van der Waals surface area (Å²) in [7, 11) is 0. The lowest BCUT2D eigenvalue weighted by Gasteiger charge is -1.97. The molecule has 0 saturated heterocycles. The number of rotatable bonds is 1. The van der Waals surface area contributed by atoms with Crippen LogP contribution in [0.25, 0.3) is 16.3 Å². The van der Waals surface area contributed by atoms with Gasteiger partial charge in [-0.3, -0.25) is 4.40 Å². The van der Waals surface area contributed by atoms with Crippen molar-refractivity contribution in [2.45, 2.75) is 0 Å². The van der Waals surface area contributed by atoms with Crippen molar-refractivity contribution in [1.82, 2.24) is 14.6 Å². The number of nitrogens with zero attached hydrogens (tertiary/aromatic N) is 3. The highest BCUT2D eigenvalue weighted by molar-refractivity contribution is 7.13. The van der Waals surface area contributed by atoms with Crippen LogP contribution in [0, 0.1) is 0 Å². The van der Waals surface area contributed by atoms with Crippen LogP contribution in [0.5, 0.6) is 0 Å². The summed E-state index contributed by atoms with van der Waals surface area (Å²) in [6.07, 6.45) is 1.92. The summed E-state index contributed by atoms with van der Waals surface area (Å²) in [5.41, 5.74) is 7.16. The molecule has 3 rings (SSSR count). The predicted molar refractivity (Wildman–Crippen MR) is 60.7 cm³/mol. The number of fused-ring (bicyclic) bond motifs is 1. The molecule has 0 aromatic carbocycles. The van der Waals surface area contributed by atoms with Gasteiger partial charge in [-0.15, -0.1) is 21.5 Å². The Bertz CT molecular complexity index is 597. The average molecular weight is 216 g/mol. The third-order valence-electron chi connectivity index (χ3n) is 2.21. The van der Waals surface area contributed by atoms with Gasteiger partial charge >= 0.3 is 0 Å². The van der Waals surface area contributed by atoms with Crippen LogP contribution < -0.4 is 5.73 Å². The normalized spacial score (nSPS) is 10.9. The van der Waals surface area contributed by atoms with Crippen LogP contribution in [0.1, 0.15) is 0 Å². The lowest BCUT2D eigenvalue weighted by molar-refractivity contribution is 1.12. The maximum atomic E-state index is 5.80. The Balaban J connectivity index is 2.34. The number of aromatic nitrogens is 3. The Morgan fingerprint density at radius 3 is 2.93 bits per heavy atom. The molecule has 2 N–H and O–H groups in total. The first kappa shape index (κ1) is 8.43.